The summed E-state index contributed by atoms with van der Waals surface area (Å²) in [6, 6.07) is 3.52. The fourth-order valence-corrected chi connectivity index (χ4v) is 3.03. The Hall–Kier alpha value is -2.90. The number of rotatable bonds is 3. The number of likely N-dealkylation sites (tertiary alicyclic amines) is 1. The molecule has 8 heteroatoms. The highest BCUT2D eigenvalue weighted by atomic mass is 19.1. The minimum Gasteiger partial charge on any atom is -0.355 e. The van der Waals surface area contributed by atoms with Crippen molar-refractivity contribution in [1.29, 1.82) is 0 Å². The van der Waals surface area contributed by atoms with Crippen molar-refractivity contribution in [1.82, 2.24) is 20.2 Å². The SMILES string of the molecule is CNC(=O)c1cc(NC(=O)N2CCCC[C@@H]2c2ncc[nH]2)ccc1F. The van der Waals surface area contributed by atoms with E-state index >= 15 is 0 Å². The van der Waals surface area contributed by atoms with Gasteiger partial charge in [-0.05, 0) is 37.5 Å². The van der Waals surface area contributed by atoms with Gasteiger partial charge in [0.05, 0.1) is 11.6 Å². The number of imidazole rings is 1. The summed E-state index contributed by atoms with van der Waals surface area (Å²) < 4.78 is 13.8. The summed E-state index contributed by atoms with van der Waals surface area (Å²) >= 11 is 0. The molecule has 1 aliphatic heterocycles. The van der Waals surface area contributed by atoms with Gasteiger partial charge in [-0.3, -0.25) is 4.79 Å². The van der Waals surface area contributed by atoms with Gasteiger partial charge in [0.15, 0.2) is 0 Å². The average Bonchev–Trinajstić information content (AvgIpc) is 3.17. The van der Waals surface area contributed by atoms with Crippen LogP contribution in [0.5, 0.6) is 0 Å². The number of aromatic nitrogens is 2. The Balaban J connectivity index is 1.78. The number of amides is 3. The third-order valence-corrected chi connectivity index (χ3v) is 4.29. The normalized spacial score (nSPS) is 17.2. The zero-order valence-corrected chi connectivity index (χ0v) is 13.9. The maximum atomic E-state index is 13.8. The van der Waals surface area contributed by atoms with E-state index in [4.69, 9.17) is 0 Å². The van der Waals surface area contributed by atoms with Crippen LogP contribution in [0.1, 0.15) is 41.5 Å². The molecule has 3 N–H and O–H groups in total. The minimum atomic E-state index is -0.635. The van der Waals surface area contributed by atoms with Crippen LogP contribution >= 0.6 is 0 Å². The number of anilines is 1. The third-order valence-electron chi connectivity index (χ3n) is 4.29. The molecular weight excluding hydrogens is 325 g/mol. The molecule has 1 aromatic carbocycles. The van der Waals surface area contributed by atoms with Crippen molar-refractivity contribution >= 4 is 17.6 Å². The van der Waals surface area contributed by atoms with Gasteiger partial charge in [-0.1, -0.05) is 0 Å². The first-order valence-corrected chi connectivity index (χ1v) is 8.18. The van der Waals surface area contributed by atoms with Gasteiger partial charge in [0.25, 0.3) is 5.91 Å². The summed E-state index contributed by atoms with van der Waals surface area (Å²) in [5, 5.41) is 5.13. The number of benzene rings is 1. The highest BCUT2D eigenvalue weighted by molar-refractivity contribution is 5.97. The summed E-state index contributed by atoms with van der Waals surface area (Å²) in [4.78, 5) is 33.4. The van der Waals surface area contributed by atoms with E-state index in [0.29, 0.717) is 12.2 Å². The van der Waals surface area contributed by atoms with Gasteiger partial charge in [0.2, 0.25) is 0 Å². The zero-order chi connectivity index (χ0) is 17.8. The van der Waals surface area contributed by atoms with E-state index in [0.717, 1.165) is 25.1 Å². The lowest BCUT2D eigenvalue weighted by atomic mass is 10.0. The Labute approximate surface area is 144 Å². The standard InChI is InChI=1S/C17H20FN5O2/c1-19-16(24)12-10-11(5-6-13(12)18)22-17(25)23-9-3-2-4-14(23)15-20-7-8-21-15/h5-8,10,14H,2-4,9H2,1H3,(H,19,24)(H,20,21)(H,22,25)/t14-/m1/s1. The van der Waals surface area contributed by atoms with Crippen LogP contribution in [0.4, 0.5) is 14.9 Å². The number of halogens is 1. The van der Waals surface area contributed by atoms with E-state index in [1.807, 2.05) is 0 Å². The monoisotopic (exact) mass is 345 g/mol. The van der Waals surface area contributed by atoms with Gasteiger partial charge in [0.1, 0.15) is 11.6 Å². The molecule has 1 saturated heterocycles. The predicted octanol–water partition coefficient (Wildman–Crippen LogP) is 2.67. The molecule has 2 heterocycles. The van der Waals surface area contributed by atoms with E-state index in [1.165, 1.54) is 25.2 Å². The van der Waals surface area contributed by atoms with Crippen LogP contribution in [0.2, 0.25) is 0 Å². The molecule has 0 unspecified atom stereocenters. The predicted molar refractivity (Wildman–Crippen MR) is 90.7 cm³/mol. The Kier molecular flexibility index (Phi) is 4.97. The van der Waals surface area contributed by atoms with Crippen molar-refractivity contribution in [2.75, 3.05) is 18.9 Å². The molecule has 1 aromatic heterocycles. The molecule has 1 atom stereocenters. The molecule has 3 rings (SSSR count). The summed E-state index contributed by atoms with van der Waals surface area (Å²) in [5.41, 5.74) is 0.260. The van der Waals surface area contributed by atoms with E-state index in [9.17, 15) is 14.0 Å². The van der Waals surface area contributed by atoms with Crippen molar-refractivity contribution in [3.8, 4) is 0 Å². The van der Waals surface area contributed by atoms with Crippen LogP contribution in [0.25, 0.3) is 0 Å². The van der Waals surface area contributed by atoms with Gasteiger partial charge in [0, 0.05) is 31.7 Å². The van der Waals surface area contributed by atoms with Gasteiger partial charge >= 0.3 is 6.03 Å². The van der Waals surface area contributed by atoms with Gasteiger partial charge in [-0.2, -0.15) is 0 Å². The lowest BCUT2D eigenvalue weighted by Gasteiger charge is -2.34. The molecule has 0 bridgehead atoms. The van der Waals surface area contributed by atoms with Crippen molar-refractivity contribution in [3.05, 3.63) is 47.8 Å². The second-order valence-corrected chi connectivity index (χ2v) is 5.88. The van der Waals surface area contributed by atoms with E-state index in [-0.39, 0.29) is 17.6 Å². The fraction of sp³-hybridized carbons (Fsp3) is 0.353. The summed E-state index contributed by atoms with van der Waals surface area (Å²) in [6.45, 7) is 0.612. The Morgan fingerprint density at radius 1 is 1.36 bits per heavy atom. The lowest BCUT2D eigenvalue weighted by Crippen LogP contribution is -2.41. The first kappa shape index (κ1) is 16.9. The van der Waals surface area contributed by atoms with Crippen molar-refractivity contribution < 1.29 is 14.0 Å². The number of urea groups is 1. The van der Waals surface area contributed by atoms with Gasteiger partial charge in [-0.25, -0.2) is 14.2 Å². The van der Waals surface area contributed by atoms with Crippen LogP contribution < -0.4 is 10.6 Å². The van der Waals surface area contributed by atoms with Gasteiger partial charge in [-0.15, -0.1) is 0 Å². The molecule has 1 aliphatic rings. The first-order valence-electron chi connectivity index (χ1n) is 8.18. The molecule has 0 saturated carbocycles. The smallest absolute Gasteiger partial charge is 0.322 e. The van der Waals surface area contributed by atoms with E-state index < -0.39 is 11.7 Å². The molecule has 0 aliphatic carbocycles. The molecule has 3 amide bonds. The van der Waals surface area contributed by atoms with Crippen LogP contribution in [0.3, 0.4) is 0 Å². The molecule has 132 valence electrons. The number of hydrogen-bond donors (Lipinski definition) is 3. The number of carbonyl (C=O) groups excluding carboxylic acids is 2. The van der Waals surface area contributed by atoms with Crippen LogP contribution in [-0.4, -0.2) is 40.4 Å². The van der Waals surface area contributed by atoms with Gasteiger partial charge < -0.3 is 20.5 Å². The molecule has 1 fully saturated rings. The number of H-pyrrole nitrogens is 1. The molecule has 0 spiro atoms. The topological polar surface area (TPSA) is 90.1 Å². The van der Waals surface area contributed by atoms with Crippen LogP contribution in [0.15, 0.2) is 30.6 Å². The highest BCUT2D eigenvalue weighted by Crippen LogP contribution is 2.29. The summed E-state index contributed by atoms with van der Waals surface area (Å²) in [5.74, 6) is -0.427. The van der Waals surface area contributed by atoms with Crippen molar-refractivity contribution in [2.24, 2.45) is 0 Å². The number of nitrogens with zero attached hydrogens (tertiary/aromatic N) is 2. The lowest BCUT2D eigenvalue weighted by molar-refractivity contribution is 0.0959. The van der Waals surface area contributed by atoms with Crippen LogP contribution in [0, 0.1) is 5.82 Å². The number of carbonyl (C=O) groups is 2. The number of nitrogens with one attached hydrogen (secondary N) is 3. The number of piperidine rings is 1. The summed E-state index contributed by atoms with van der Waals surface area (Å²) in [7, 11) is 1.43. The average molecular weight is 345 g/mol. The van der Waals surface area contributed by atoms with Crippen molar-refractivity contribution in [3.63, 3.8) is 0 Å². The Morgan fingerprint density at radius 2 is 2.20 bits per heavy atom. The van der Waals surface area contributed by atoms with Crippen LogP contribution in [-0.2, 0) is 0 Å². The maximum Gasteiger partial charge on any atom is 0.322 e. The molecule has 7 nitrogen and oxygen atoms in total. The zero-order valence-electron chi connectivity index (χ0n) is 13.9. The third kappa shape index (κ3) is 3.62. The van der Waals surface area contributed by atoms with Crippen molar-refractivity contribution in [2.45, 2.75) is 25.3 Å². The first-order chi connectivity index (χ1) is 12.1. The maximum absolute atomic E-state index is 13.8. The fourth-order valence-electron chi connectivity index (χ4n) is 3.03. The quantitative estimate of drug-likeness (QED) is 0.799. The van der Waals surface area contributed by atoms with E-state index in [2.05, 4.69) is 20.6 Å². The highest BCUT2D eigenvalue weighted by Gasteiger charge is 2.29. The minimum absolute atomic E-state index is 0.110. The molecule has 25 heavy (non-hydrogen) atoms. The largest absolute Gasteiger partial charge is 0.355 e. The molecule has 2 aromatic rings. The Bertz CT molecular complexity index is 762. The second-order valence-electron chi connectivity index (χ2n) is 5.88. The van der Waals surface area contributed by atoms with E-state index in [1.54, 1.807) is 17.3 Å². The summed E-state index contributed by atoms with van der Waals surface area (Å²) in [6.07, 6.45) is 6.16. The molecule has 0 radical (unpaired) electrons. The number of hydrogen-bond acceptors (Lipinski definition) is 3. The Morgan fingerprint density at radius 3 is 2.92 bits per heavy atom. The molecular formula is C17H20FN5O2. The number of aromatic amines is 1. The second kappa shape index (κ2) is 7.33.